The van der Waals surface area contributed by atoms with Crippen LogP contribution in [0.15, 0.2) is 35.3 Å². The second-order valence-electron chi connectivity index (χ2n) is 8.31. The molecule has 1 aliphatic carbocycles. The molecule has 1 aromatic carbocycles. The van der Waals surface area contributed by atoms with Gasteiger partial charge in [0.1, 0.15) is 5.82 Å². The van der Waals surface area contributed by atoms with Gasteiger partial charge < -0.3 is 10.3 Å². The summed E-state index contributed by atoms with van der Waals surface area (Å²) >= 11 is 0. The first-order valence-electron chi connectivity index (χ1n) is 9.07. The number of fused-ring (bicyclic) bond motifs is 3. The maximum atomic E-state index is 12.6. The number of pyridine rings is 2. The lowest BCUT2D eigenvalue weighted by Crippen LogP contribution is -2.31. The van der Waals surface area contributed by atoms with Crippen LogP contribution in [0.1, 0.15) is 52.0 Å². The topological polar surface area (TPSA) is 57.8 Å². The third kappa shape index (κ3) is 2.80. The fraction of sp³-hybridized carbons (Fsp3) is 0.429. The number of benzene rings is 1. The lowest BCUT2D eigenvalue weighted by atomic mass is 9.88. The van der Waals surface area contributed by atoms with E-state index in [2.05, 4.69) is 38.0 Å². The number of H-pyrrole nitrogens is 1. The van der Waals surface area contributed by atoms with Gasteiger partial charge in [0.05, 0.1) is 10.9 Å². The van der Waals surface area contributed by atoms with Crippen LogP contribution in [0, 0.1) is 5.41 Å². The molecule has 4 heteroatoms. The molecule has 2 N–H and O–H groups in total. The molecule has 0 radical (unpaired) electrons. The Balaban J connectivity index is 2.01. The molecule has 0 saturated heterocycles. The molecule has 1 aliphatic rings. The van der Waals surface area contributed by atoms with E-state index in [1.54, 1.807) is 0 Å². The molecule has 0 unspecified atom stereocenters. The van der Waals surface area contributed by atoms with E-state index in [-0.39, 0.29) is 17.0 Å². The van der Waals surface area contributed by atoms with Crippen molar-refractivity contribution in [2.24, 2.45) is 5.41 Å². The van der Waals surface area contributed by atoms with Crippen LogP contribution in [-0.4, -0.2) is 16.0 Å². The van der Waals surface area contributed by atoms with Gasteiger partial charge in [-0.2, -0.15) is 0 Å². The maximum absolute atomic E-state index is 12.6. The second-order valence-corrected chi connectivity index (χ2v) is 8.31. The van der Waals surface area contributed by atoms with Crippen LogP contribution in [0.5, 0.6) is 0 Å². The first-order valence-corrected chi connectivity index (χ1v) is 9.07. The van der Waals surface area contributed by atoms with Crippen LogP contribution >= 0.6 is 0 Å². The Bertz CT molecular complexity index is 1010. The maximum Gasteiger partial charge on any atom is 0.258 e. The number of aromatic amines is 1. The molecule has 130 valence electrons. The van der Waals surface area contributed by atoms with Crippen molar-refractivity contribution in [3.05, 3.63) is 46.4 Å². The fourth-order valence-electron chi connectivity index (χ4n) is 3.22. The predicted molar refractivity (Wildman–Crippen MR) is 104 cm³/mol. The van der Waals surface area contributed by atoms with Gasteiger partial charge >= 0.3 is 0 Å². The fourth-order valence-corrected chi connectivity index (χ4v) is 3.22. The molecule has 4 nitrogen and oxygen atoms in total. The summed E-state index contributed by atoms with van der Waals surface area (Å²) in [6.45, 7) is 8.83. The van der Waals surface area contributed by atoms with Crippen LogP contribution in [-0.2, 0) is 0 Å². The van der Waals surface area contributed by atoms with E-state index in [4.69, 9.17) is 4.98 Å². The minimum absolute atomic E-state index is 0.0569. The molecule has 0 spiro atoms. The molecule has 0 aliphatic heterocycles. The largest absolute Gasteiger partial charge is 0.367 e. The van der Waals surface area contributed by atoms with Crippen LogP contribution in [0.25, 0.3) is 21.7 Å². The molecule has 4 rings (SSSR count). The van der Waals surface area contributed by atoms with E-state index in [0.29, 0.717) is 11.3 Å². The van der Waals surface area contributed by atoms with E-state index in [1.807, 2.05) is 30.5 Å². The summed E-state index contributed by atoms with van der Waals surface area (Å²) in [5.41, 5.74) is 2.09. The minimum Gasteiger partial charge on any atom is -0.367 e. The van der Waals surface area contributed by atoms with E-state index in [9.17, 15) is 4.79 Å². The quantitative estimate of drug-likeness (QED) is 0.676. The smallest absolute Gasteiger partial charge is 0.258 e. The van der Waals surface area contributed by atoms with Gasteiger partial charge in [-0.25, -0.2) is 4.98 Å². The van der Waals surface area contributed by atoms with Crippen LogP contribution in [0.4, 0.5) is 5.82 Å². The molecule has 0 amide bonds. The van der Waals surface area contributed by atoms with Gasteiger partial charge in [0.15, 0.2) is 0 Å². The molecule has 0 bridgehead atoms. The summed E-state index contributed by atoms with van der Waals surface area (Å²) in [5.74, 6) is 1.40. The van der Waals surface area contributed by atoms with E-state index in [0.717, 1.165) is 22.1 Å². The zero-order valence-electron chi connectivity index (χ0n) is 15.3. The Morgan fingerprint density at radius 2 is 1.88 bits per heavy atom. The lowest BCUT2D eigenvalue weighted by molar-refractivity contribution is 0.359. The van der Waals surface area contributed by atoms with Crippen molar-refractivity contribution < 1.29 is 0 Å². The minimum atomic E-state index is -0.0569. The van der Waals surface area contributed by atoms with Crippen LogP contribution < -0.4 is 10.9 Å². The van der Waals surface area contributed by atoms with Gasteiger partial charge in [0, 0.05) is 23.0 Å². The first-order chi connectivity index (χ1) is 11.9. The average molecular weight is 335 g/mol. The molecular weight excluding hydrogens is 310 g/mol. The van der Waals surface area contributed by atoms with Gasteiger partial charge in [-0.05, 0) is 36.7 Å². The molecule has 1 fully saturated rings. The van der Waals surface area contributed by atoms with Gasteiger partial charge in [0.2, 0.25) is 0 Å². The number of nitrogens with one attached hydrogen (secondary N) is 2. The number of hydrogen-bond donors (Lipinski definition) is 2. The van der Waals surface area contributed by atoms with E-state index < -0.39 is 0 Å². The third-order valence-electron chi connectivity index (χ3n) is 5.44. The highest BCUT2D eigenvalue weighted by Crippen LogP contribution is 2.43. The number of anilines is 1. The molecular formula is C21H25N3O. The number of rotatable bonds is 3. The number of aromatic nitrogens is 2. The van der Waals surface area contributed by atoms with Crippen molar-refractivity contribution in [1.29, 1.82) is 0 Å². The summed E-state index contributed by atoms with van der Waals surface area (Å²) in [5, 5.41) is 6.29. The van der Waals surface area contributed by atoms with Crippen molar-refractivity contribution in [2.75, 3.05) is 5.32 Å². The van der Waals surface area contributed by atoms with Crippen LogP contribution in [0.2, 0.25) is 0 Å². The normalized spacial score (nSPS) is 16.3. The zero-order chi connectivity index (χ0) is 17.8. The molecule has 25 heavy (non-hydrogen) atoms. The lowest BCUT2D eigenvalue weighted by Gasteiger charge is -2.29. The Morgan fingerprint density at radius 1 is 1.20 bits per heavy atom. The highest BCUT2D eigenvalue weighted by atomic mass is 16.1. The third-order valence-corrected chi connectivity index (χ3v) is 5.44. The van der Waals surface area contributed by atoms with Crippen molar-refractivity contribution in [2.45, 2.75) is 52.5 Å². The average Bonchev–Trinajstić information content (AvgIpc) is 3.39. The monoisotopic (exact) mass is 335 g/mol. The predicted octanol–water partition coefficient (Wildman–Crippen LogP) is 4.80. The number of nitrogens with zero attached hydrogens (tertiary/aromatic N) is 1. The standard InChI is InChI=1S/C21H25N3O/c1-12(21(2,3)4)23-19-15-8-6-5-7-14(15)17-18(24-19)16(13-9-10-13)11-22-20(17)25/h5-8,11-13H,9-10H2,1-4H3,(H,22,25)(H,23,24)/t12-/m1/s1. The highest BCUT2D eigenvalue weighted by molar-refractivity contribution is 6.10. The molecule has 1 saturated carbocycles. The highest BCUT2D eigenvalue weighted by Gasteiger charge is 2.28. The number of hydrogen-bond acceptors (Lipinski definition) is 3. The Kier molecular flexibility index (Phi) is 3.60. The summed E-state index contributed by atoms with van der Waals surface area (Å²) in [6.07, 6.45) is 4.22. The zero-order valence-corrected chi connectivity index (χ0v) is 15.3. The summed E-state index contributed by atoms with van der Waals surface area (Å²) < 4.78 is 0. The Labute approximate surface area is 147 Å². The van der Waals surface area contributed by atoms with Gasteiger partial charge in [-0.1, -0.05) is 45.0 Å². The Hall–Kier alpha value is -2.36. The molecule has 2 aromatic heterocycles. The van der Waals surface area contributed by atoms with Gasteiger partial charge in [-0.3, -0.25) is 4.79 Å². The van der Waals surface area contributed by atoms with Gasteiger partial charge in [0.25, 0.3) is 5.56 Å². The van der Waals surface area contributed by atoms with Crippen LogP contribution in [0.3, 0.4) is 0 Å². The first kappa shape index (κ1) is 16.1. The van der Waals surface area contributed by atoms with E-state index >= 15 is 0 Å². The van der Waals surface area contributed by atoms with Crippen molar-refractivity contribution in [1.82, 2.24) is 9.97 Å². The van der Waals surface area contributed by atoms with Crippen molar-refractivity contribution in [3.63, 3.8) is 0 Å². The van der Waals surface area contributed by atoms with Crippen molar-refractivity contribution in [3.8, 4) is 0 Å². The van der Waals surface area contributed by atoms with Crippen molar-refractivity contribution >= 4 is 27.5 Å². The van der Waals surface area contributed by atoms with E-state index in [1.165, 1.54) is 18.4 Å². The molecule has 3 aromatic rings. The summed E-state index contributed by atoms with van der Waals surface area (Å²) in [7, 11) is 0. The second kappa shape index (κ2) is 5.58. The molecule has 1 atom stereocenters. The Morgan fingerprint density at radius 3 is 2.52 bits per heavy atom. The molecule has 2 heterocycles. The SMILES string of the molecule is C[C@@H](Nc1nc2c(C3CC3)c[nH]c(=O)c2c2ccccc12)C(C)(C)C. The summed E-state index contributed by atoms with van der Waals surface area (Å²) in [6, 6.07) is 8.32. The summed E-state index contributed by atoms with van der Waals surface area (Å²) in [4.78, 5) is 20.4. The van der Waals surface area contributed by atoms with Gasteiger partial charge in [-0.15, -0.1) is 0 Å².